The number of Topliss-reactive ketones (excluding diaryl/α,β-unsaturated/α-hetero) is 1. The SMILES string of the molecule is CCOCC1C(=O)C23CC1CC(O)C2C1(C)C(O)CC(OC(C)=O)C(C)(C)C1C(OC(C)=O)C3O. The molecular formula is C26H40O9. The smallest absolute Gasteiger partial charge is 0.303 e. The highest BCUT2D eigenvalue weighted by Gasteiger charge is 2.79. The Balaban J connectivity index is 1.90. The number of aliphatic hydroxyl groups excluding tert-OH is 3. The fourth-order valence-corrected chi connectivity index (χ4v) is 8.78. The highest BCUT2D eigenvalue weighted by Crippen LogP contribution is 2.71. The van der Waals surface area contributed by atoms with Crippen molar-refractivity contribution in [2.75, 3.05) is 13.2 Å². The molecule has 4 fully saturated rings. The average molecular weight is 497 g/mol. The topological polar surface area (TPSA) is 140 Å². The van der Waals surface area contributed by atoms with Gasteiger partial charge in [-0.2, -0.15) is 0 Å². The lowest BCUT2D eigenvalue weighted by Crippen LogP contribution is -2.76. The lowest BCUT2D eigenvalue weighted by atomic mass is 9.38. The highest BCUT2D eigenvalue weighted by molar-refractivity contribution is 5.92. The first-order valence-electron chi connectivity index (χ1n) is 12.7. The third-order valence-corrected chi connectivity index (χ3v) is 9.85. The molecular weight excluding hydrogens is 456 g/mol. The monoisotopic (exact) mass is 496 g/mol. The van der Waals surface area contributed by atoms with Gasteiger partial charge < -0.3 is 29.5 Å². The van der Waals surface area contributed by atoms with E-state index in [4.69, 9.17) is 14.2 Å². The van der Waals surface area contributed by atoms with Crippen LogP contribution in [0.5, 0.6) is 0 Å². The second-order valence-electron chi connectivity index (χ2n) is 11.9. The van der Waals surface area contributed by atoms with Crippen LogP contribution in [0.3, 0.4) is 0 Å². The maximum Gasteiger partial charge on any atom is 0.303 e. The first kappa shape index (κ1) is 26.5. The number of hydrogen-bond acceptors (Lipinski definition) is 9. The maximum atomic E-state index is 14.1. The third kappa shape index (κ3) is 3.60. The molecule has 35 heavy (non-hydrogen) atoms. The first-order valence-corrected chi connectivity index (χ1v) is 12.7. The number of rotatable bonds is 5. The number of carbonyl (C=O) groups is 3. The largest absolute Gasteiger partial charge is 0.462 e. The van der Waals surface area contributed by atoms with Crippen molar-refractivity contribution in [3.8, 4) is 0 Å². The Kier molecular flexibility index (Phi) is 6.65. The van der Waals surface area contributed by atoms with Crippen LogP contribution in [0.4, 0.5) is 0 Å². The summed E-state index contributed by atoms with van der Waals surface area (Å²) in [5.74, 6) is -3.40. The van der Waals surface area contributed by atoms with E-state index in [0.29, 0.717) is 19.4 Å². The molecule has 11 unspecified atom stereocenters. The lowest BCUT2D eigenvalue weighted by molar-refractivity contribution is -0.306. The molecule has 3 N–H and O–H groups in total. The summed E-state index contributed by atoms with van der Waals surface area (Å²) < 4.78 is 17.0. The van der Waals surface area contributed by atoms with E-state index in [9.17, 15) is 29.7 Å². The number of ether oxygens (including phenoxy) is 3. The third-order valence-electron chi connectivity index (χ3n) is 9.85. The fourth-order valence-electron chi connectivity index (χ4n) is 8.78. The summed E-state index contributed by atoms with van der Waals surface area (Å²) in [6.07, 6.45) is -4.40. The normalized spacial score (nSPS) is 48.0. The van der Waals surface area contributed by atoms with E-state index >= 15 is 0 Å². The number of hydrogen-bond donors (Lipinski definition) is 3. The predicted octanol–water partition coefficient (Wildman–Crippen LogP) is 1.25. The van der Waals surface area contributed by atoms with Gasteiger partial charge in [0.25, 0.3) is 0 Å². The molecule has 0 aromatic rings. The van der Waals surface area contributed by atoms with E-state index in [2.05, 4.69) is 0 Å². The minimum Gasteiger partial charge on any atom is -0.462 e. The summed E-state index contributed by atoms with van der Waals surface area (Å²) in [7, 11) is 0. The van der Waals surface area contributed by atoms with Gasteiger partial charge in [0.1, 0.15) is 24.1 Å². The van der Waals surface area contributed by atoms with Gasteiger partial charge in [0.2, 0.25) is 0 Å². The molecule has 4 rings (SSSR count). The molecule has 0 aromatic heterocycles. The number of ketones is 1. The number of aliphatic hydroxyl groups is 3. The summed E-state index contributed by atoms with van der Waals surface area (Å²) in [6, 6.07) is 0. The molecule has 4 aliphatic rings. The second kappa shape index (κ2) is 8.78. The molecule has 198 valence electrons. The van der Waals surface area contributed by atoms with Crippen LogP contribution in [0, 0.1) is 39.9 Å². The van der Waals surface area contributed by atoms with E-state index in [1.807, 2.05) is 27.7 Å². The Morgan fingerprint density at radius 2 is 1.63 bits per heavy atom. The Bertz CT molecular complexity index is 886. The second-order valence-corrected chi connectivity index (χ2v) is 11.9. The van der Waals surface area contributed by atoms with Crippen LogP contribution in [0.2, 0.25) is 0 Å². The summed E-state index contributed by atoms with van der Waals surface area (Å²) in [5.41, 5.74) is -3.31. The molecule has 0 saturated heterocycles. The highest BCUT2D eigenvalue weighted by atomic mass is 16.6. The van der Waals surface area contributed by atoms with E-state index in [-0.39, 0.29) is 24.7 Å². The molecule has 4 aliphatic carbocycles. The molecule has 2 bridgehead atoms. The fraction of sp³-hybridized carbons (Fsp3) is 0.885. The van der Waals surface area contributed by atoms with Crippen LogP contribution in [0.1, 0.15) is 60.8 Å². The van der Waals surface area contributed by atoms with Gasteiger partial charge in [-0.3, -0.25) is 14.4 Å². The molecule has 9 heteroatoms. The number of esters is 2. The summed E-state index contributed by atoms with van der Waals surface area (Å²) in [5, 5.41) is 35.1. The summed E-state index contributed by atoms with van der Waals surface area (Å²) >= 11 is 0. The Morgan fingerprint density at radius 3 is 2.20 bits per heavy atom. The van der Waals surface area contributed by atoms with Gasteiger partial charge in [-0.1, -0.05) is 20.8 Å². The minimum absolute atomic E-state index is 0.113. The van der Waals surface area contributed by atoms with Gasteiger partial charge in [-0.15, -0.1) is 0 Å². The van der Waals surface area contributed by atoms with Crippen molar-refractivity contribution in [2.45, 2.75) is 91.3 Å². The van der Waals surface area contributed by atoms with E-state index < -0.39 is 76.5 Å². The van der Waals surface area contributed by atoms with Crippen LogP contribution in [0.15, 0.2) is 0 Å². The van der Waals surface area contributed by atoms with E-state index in [1.165, 1.54) is 13.8 Å². The molecule has 4 saturated carbocycles. The summed E-state index contributed by atoms with van der Waals surface area (Å²) in [6.45, 7) is 10.6. The van der Waals surface area contributed by atoms with Gasteiger partial charge >= 0.3 is 11.9 Å². The van der Waals surface area contributed by atoms with Gasteiger partial charge in [-0.25, -0.2) is 0 Å². The van der Waals surface area contributed by atoms with Gasteiger partial charge in [0, 0.05) is 55.5 Å². The van der Waals surface area contributed by atoms with Gasteiger partial charge in [0.05, 0.1) is 24.2 Å². The molecule has 0 aliphatic heterocycles. The van der Waals surface area contributed by atoms with E-state index in [0.717, 1.165) is 0 Å². The molecule has 0 aromatic carbocycles. The molecule has 1 spiro atoms. The zero-order chi connectivity index (χ0) is 26.1. The maximum absolute atomic E-state index is 14.1. The predicted molar refractivity (Wildman–Crippen MR) is 123 cm³/mol. The Morgan fingerprint density at radius 1 is 1.00 bits per heavy atom. The quantitative estimate of drug-likeness (QED) is 0.480. The number of fused-ring (bicyclic) bond motifs is 3. The van der Waals surface area contributed by atoms with Crippen molar-refractivity contribution in [3.05, 3.63) is 0 Å². The van der Waals surface area contributed by atoms with Crippen molar-refractivity contribution in [3.63, 3.8) is 0 Å². The molecule has 0 radical (unpaired) electrons. The average Bonchev–Trinajstić information content (AvgIpc) is 2.95. The molecule has 0 heterocycles. The van der Waals surface area contributed by atoms with Crippen LogP contribution in [-0.4, -0.2) is 76.8 Å². The molecule has 0 amide bonds. The van der Waals surface area contributed by atoms with Crippen molar-refractivity contribution >= 4 is 17.7 Å². The molecule has 9 nitrogen and oxygen atoms in total. The Hall–Kier alpha value is -1.55. The molecule has 11 atom stereocenters. The van der Waals surface area contributed by atoms with Gasteiger partial charge in [-0.05, 0) is 25.7 Å². The zero-order valence-corrected chi connectivity index (χ0v) is 21.5. The number of carbonyl (C=O) groups excluding carboxylic acids is 3. The van der Waals surface area contributed by atoms with Crippen LogP contribution < -0.4 is 0 Å². The first-order chi connectivity index (χ1) is 16.2. The van der Waals surface area contributed by atoms with Crippen molar-refractivity contribution in [1.29, 1.82) is 0 Å². The zero-order valence-electron chi connectivity index (χ0n) is 21.5. The summed E-state index contributed by atoms with van der Waals surface area (Å²) in [4.78, 5) is 38.2. The van der Waals surface area contributed by atoms with E-state index in [1.54, 1.807) is 0 Å². The standard InChI is InChI=1S/C26H40O9/c1-7-33-11-15-14-8-16(29)20-25(6)17(30)9-18(34-12(2)27)24(4,5)21(25)19(35-13(3)28)23(32)26(20,10-14)22(15)31/h14-21,23,29-30,32H,7-11H2,1-6H3. The van der Waals surface area contributed by atoms with Crippen molar-refractivity contribution < 1.29 is 43.9 Å². The van der Waals surface area contributed by atoms with Crippen molar-refractivity contribution in [2.24, 2.45) is 39.9 Å². The van der Waals surface area contributed by atoms with Gasteiger partial charge in [0.15, 0.2) is 0 Å². The minimum atomic E-state index is -1.38. The van der Waals surface area contributed by atoms with Crippen molar-refractivity contribution in [1.82, 2.24) is 0 Å². The van der Waals surface area contributed by atoms with Crippen LogP contribution >= 0.6 is 0 Å². The Labute approximate surface area is 206 Å². The van der Waals surface area contributed by atoms with Crippen LogP contribution in [0.25, 0.3) is 0 Å². The van der Waals surface area contributed by atoms with Crippen LogP contribution in [-0.2, 0) is 28.6 Å². The lowest BCUT2D eigenvalue weighted by Gasteiger charge is -2.69.